The number of halogens is 2. The summed E-state index contributed by atoms with van der Waals surface area (Å²) in [5.74, 6) is 0. The molecule has 1 aliphatic heterocycles. The average molecular weight is 567 g/mol. The first kappa shape index (κ1) is 23.6. The van der Waals surface area contributed by atoms with Crippen molar-refractivity contribution < 1.29 is 4.74 Å². The zero-order chi connectivity index (χ0) is 23.0. The van der Waals surface area contributed by atoms with Gasteiger partial charge in [0.25, 0.3) is 0 Å². The van der Waals surface area contributed by atoms with E-state index in [1.165, 1.54) is 5.56 Å². The van der Waals surface area contributed by atoms with E-state index in [9.17, 15) is 0 Å². The van der Waals surface area contributed by atoms with Gasteiger partial charge in [-0.15, -0.1) is 0 Å². The summed E-state index contributed by atoms with van der Waals surface area (Å²) < 4.78 is 7.47. The standard InChI is InChI=1S/C27H25Br2N3O/c28-25-12-10-24(11-13-25)26(33-19-23-8-6-22(18-30)7-9-23)27(29)32-17-16-31(20-32)15-14-21-4-2-1-3-5-21/h1-13,16-17,26-27H,14-15,19-20H2. The van der Waals surface area contributed by atoms with Gasteiger partial charge in [0.2, 0.25) is 0 Å². The summed E-state index contributed by atoms with van der Waals surface area (Å²) in [7, 11) is 0. The second kappa shape index (κ2) is 11.5. The van der Waals surface area contributed by atoms with Gasteiger partial charge in [-0.25, -0.2) is 0 Å². The van der Waals surface area contributed by atoms with E-state index in [0.717, 1.165) is 35.2 Å². The Labute approximate surface area is 212 Å². The zero-order valence-electron chi connectivity index (χ0n) is 18.1. The molecule has 1 aliphatic rings. The molecule has 4 nitrogen and oxygen atoms in total. The van der Waals surface area contributed by atoms with Crippen LogP contribution in [0.3, 0.4) is 0 Å². The van der Waals surface area contributed by atoms with E-state index in [4.69, 9.17) is 10.00 Å². The van der Waals surface area contributed by atoms with Gasteiger partial charge >= 0.3 is 0 Å². The van der Waals surface area contributed by atoms with Crippen molar-refractivity contribution in [2.45, 2.75) is 24.1 Å². The number of hydrogen-bond donors (Lipinski definition) is 0. The first-order chi connectivity index (χ1) is 16.1. The number of nitriles is 1. The van der Waals surface area contributed by atoms with Crippen molar-refractivity contribution in [3.8, 4) is 6.07 Å². The first-order valence-electron chi connectivity index (χ1n) is 10.8. The third-order valence-corrected chi connectivity index (χ3v) is 7.16. The molecule has 0 N–H and O–H groups in total. The number of ether oxygens (including phenoxy) is 1. The molecule has 33 heavy (non-hydrogen) atoms. The monoisotopic (exact) mass is 565 g/mol. The molecule has 0 saturated heterocycles. The largest absolute Gasteiger partial charge is 0.366 e. The van der Waals surface area contributed by atoms with Crippen LogP contribution in [0.2, 0.25) is 0 Å². The predicted octanol–water partition coefficient (Wildman–Crippen LogP) is 6.59. The smallest absolute Gasteiger partial charge is 0.116 e. The predicted molar refractivity (Wildman–Crippen MR) is 138 cm³/mol. The van der Waals surface area contributed by atoms with Crippen molar-refractivity contribution in [1.29, 1.82) is 5.26 Å². The maximum atomic E-state index is 9.03. The summed E-state index contributed by atoms with van der Waals surface area (Å²) >= 11 is 7.44. The number of rotatable bonds is 9. The Morgan fingerprint density at radius 3 is 2.33 bits per heavy atom. The van der Waals surface area contributed by atoms with Gasteiger partial charge in [0.1, 0.15) is 11.1 Å². The lowest BCUT2D eigenvalue weighted by Gasteiger charge is -2.32. The quantitative estimate of drug-likeness (QED) is 0.216. The van der Waals surface area contributed by atoms with Crippen molar-refractivity contribution in [2.24, 2.45) is 0 Å². The van der Waals surface area contributed by atoms with Gasteiger partial charge in [-0.05, 0) is 47.4 Å². The Bertz CT molecular complexity index is 1090. The molecular formula is C27H25Br2N3O. The van der Waals surface area contributed by atoms with E-state index in [2.05, 4.69) is 103 Å². The van der Waals surface area contributed by atoms with Crippen molar-refractivity contribution in [3.05, 3.63) is 118 Å². The first-order valence-corrected chi connectivity index (χ1v) is 12.6. The number of alkyl halides is 1. The average Bonchev–Trinajstić information content (AvgIpc) is 3.34. The Hall–Kier alpha value is -2.59. The molecular weight excluding hydrogens is 542 g/mol. The molecule has 0 fully saturated rings. The van der Waals surface area contributed by atoms with Gasteiger partial charge in [0, 0.05) is 23.4 Å². The third-order valence-electron chi connectivity index (χ3n) is 5.62. The van der Waals surface area contributed by atoms with Crippen LogP contribution in [0.1, 0.15) is 28.4 Å². The molecule has 0 saturated carbocycles. The molecule has 0 amide bonds. The van der Waals surface area contributed by atoms with E-state index >= 15 is 0 Å². The molecule has 0 bridgehead atoms. The Balaban J connectivity index is 1.41. The Morgan fingerprint density at radius 1 is 0.909 bits per heavy atom. The Kier molecular flexibility index (Phi) is 8.22. The maximum absolute atomic E-state index is 9.03. The Morgan fingerprint density at radius 2 is 1.64 bits per heavy atom. The zero-order valence-corrected chi connectivity index (χ0v) is 21.3. The van der Waals surface area contributed by atoms with Crippen LogP contribution in [-0.2, 0) is 17.8 Å². The fraction of sp³-hybridized carbons (Fsp3) is 0.222. The minimum atomic E-state index is -0.174. The second-order valence-electron chi connectivity index (χ2n) is 7.97. The molecule has 0 radical (unpaired) electrons. The molecule has 6 heteroatoms. The molecule has 168 valence electrons. The number of hydrogen-bond acceptors (Lipinski definition) is 4. The van der Waals surface area contributed by atoms with Crippen molar-refractivity contribution in [3.63, 3.8) is 0 Å². The van der Waals surface area contributed by atoms with Crippen LogP contribution in [0.5, 0.6) is 0 Å². The lowest BCUT2D eigenvalue weighted by atomic mass is 10.1. The SMILES string of the molecule is N#Cc1ccc(COC(c2ccc(Br)cc2)C(Br)N2C=CN(CCc3ccccc3)C2)cc1. The van der Waals surface area contributed by atoms with Crippen LogP contribution in [0.15, 0.2) is 95.7 Å². The highest BCUT2D eigenvalue weighted by Gasteiger charge is 2.29. The molecule has 2 unspecified atom stereocenters. The van der Waals surface area contributed by atoms with Crippen molar-refractivity contribution >= 4 is 31.9 Å². The highest BCUT2D eigenvalue weighted by atomic mass is 79.9. The third kappa shape index (κ3) is 6.48. The second-order valence-corrected chi connectivity index (χ2v) is 9.82. The van der Waals surface area contributed by atoms with E-state index in [1.54, 1.807) is 0 Å². The molecule has 3 aromatic rings. The molecule has 0 aromatic heterocycles. The number of benzene rings is 3. The van der Waals surface area contributed by atoms with Crippen LogP contribution < -0.4 is 0 Å². The fourth-order valence-electron chi connectivity index (χ4n) is 3.73. The molecule has 2 atom stereocenters. The summed E-state index contributed by atoms with van der Waals surface area (Å²) in [6, 6.07) is 28.5. The van der Waals surface area contributed by atoms with E-state index in [0.29, 0.717) is 12.2 Å². The minimum absolute atomic E-state index is 0.0324. The van der Waals surface area contributed by atoms with Crippen LogP contribution in [0.4, 0.5) is 0 Å². The minimum Gasteiger partial charge on any atom is -0.366 e. The van der Waals surface area contributed by atoms with Gasteiger partial charge in [-0.1, -0.05) is 86.5 Å². The van der Waals surface area contributed by atoms with Crippen LogP contribution in [0.25, 0.3) is 0 Å². The van der Waals surface area contributed by atoms with Gasteiger partial charge in [0.05, 0.1) is 24.9 Å². The summed E-state index contributed by atoms with van der Waals surface area (Å²) in [4.78, 5) is 4.55. The maximum Gasteiger partial charge on any atom is 0.116 e. The van der Waals surface area contributed by atoms with Gasteiger partial charge in [-0.2, -0.15) is 5.26 Å². The van der Waals surface area contributed by atoms with Crippen molar-refractivity contribution in [2.75, 3.05) is 13.2 Å². The van der Waals surface area contributed by atoms with Crippen molar-refractivity contribution in [1.82, 2.24) is 9.80 Å². The highest BCUT2D eigenvalue weighted by molar-refractivity contribution is 9.10. The highest BCUT2D eigenvalue weighted by Crippen LogP contribution is 2.32. The fourth-order valence-corrected chi connectivity index (χ4v) is 4.72. The van der Waals surface area contributed by atoms with Crippen LogP contribution >= 0.6 is 31.9 Å². The lowest BCUT2D eigenvalue weighted by Crippen LogP contribution is -2.35. The summed E-state index contributed by atoms with van der Waals surface area (Å²) in [5.41, 5.74) is 4.14. The molecule has 0 aliphatic carbocycles. The molecule has 3 aromatic carbocycles. The molecule has 0 spiro atoms. The van der Waals surface area contributed by atoms with Gasteiger partial charge < -0.3 is 14.5 Å². The van der Waals surface area contributed by atoms with Crippen LogP contribution in [-0.4, -0.2) is 28.0 Å². The number of nitrogens with zero attached hydrogens (tertiary/aromatic N) is 3. The van der Waals surface area contributed by atoms with Gasteiger partial charge in [0.15, 0.2) is 0 Å². The summed E-state index contributed by atoms with van der Waals surface area (Å²) in [6.07, 6.45) is 5.11. The van der Waals surface area contributed by atoms with Crippen LogP contribution in [0, 0.1) is 11.3 Å². The lowest BCUT2D eigenvalue weighted by molar-refractivity contribution is 0.0110. The van der Waals surface area contributed by atoms with E-state index in [1.807, 2.05) is 36.4 Å². The molecule has 1 heterocycles. The van der Waals surface area contributed by atoms with E-state index in [-0.39, 0.29) is 11.1 Å². The normalized spacial score (nSPS) is 14.8. The summed E-state index contributed by atoms with van der Waals surface area (Å²) in [5, 5.41) is 9.03. The topological polar surface area (TPSA) is 39.5 Å². The summed E-state index contributed by atoms with van der Waals surface area (Å²) in [6.45, 7) is 2.23. The van der Waals surface area contributed by atoms with E-state index < -0.39 is 0 Å². The van der Waals surface area contributed by atoms with Gasteiger partial charge in [-0.3, -0.25) is 0 Å². The molecule has 4 rings (SSSR count).